The van der Waals surface area contributed by atoms with E-state index in [-0.39, 0.29) is 25.2 Å². The zero-order valence-electron chi connectivity index (χ0n) is 11.1. The molecule has 1 aliphatic rings. The van der Waals surface area contributed by atoms with E-state index in [0.29, 0.717) is 5.92 Å². The van der Waals surface area contributed by atoms with E-state index < -0.39 is 5.97 Å². The third-order valence-corrected chi connectivity index (χ3v) is 3.26. The Kier molecular flexibility index (Phi) is 5.19. The number of amides is 2. The molecule has 5 heteroatoms. The highest BCUT2D eigenvalue weighted by atomic mass is 16.4. The van der Waals surface area contributed by atoms with Gasteiger partial charge in [0, 0.05) is 19.1 Å². The van der Waals surface area contributed by atoms with Crippen molar-refractivity contribution in [2.24, 2.45) is 5.92 Å². The van der Waals surface area contributed by atoms with Gasteiger partial charge < -0.3 is 14.9 Å². The minimum absolute atomic E-state index is 0.187. The van der Waals surface area contributed by atoms with Crippen molar-refractivity contribution in [3.63, 3.8) is 0 Å². The molecule has 0 aromatic rings. The molecule has 1 N–H and O–H groups in total. The van der Waals surface area contributed by atoms with Gasteiger partial charge in [-0.1, -0.05) is 19.9 Å². The number of carbonyl (C=O) groups is 2. The van der Waals surface area contributed by atoms with Gasteiger partial charge >= 0.3 is 12.0 Å². The summed E-state index contributed by atoms with van der Waals surface area (Å²) >= 11 is 0. The van der Waals surface area contributed by atoms with Crippen LogP contribution >= 0.6 is 0 Å². The van der Waals surface area contributed by atoms with E-state index in [2.05, 4.69) is 20.4 Å². The van der Waals surface area contributed by atoms with Crippen LogP contribution in [0.25, 0.3) is 0 Å². The Morgan fingerprint density at radius 1 is 1.56 bits per heavy atom. The van der Waals surface area contributed by atoms with Gasteiger partial charge in [-0.2, -0.15) is 0 Å². The first-order valence-electron chi connectivity index (χ1n) is 6.35. The molecule has 1 rings (SSSR count). The Bertz CT molecular complexity index is 328. The summed E-state index contributed by atoms with van der Waals surface area (Å²) in [4.78, 5) is 26.2. The molecule has 0 aliphatic carbocycles. The molecule has 1 unspecified atom stereocenters. The van der Waals surface area contributed by atoms with Gasteiger partial charge in [-0.05, 0) is 18.8 Å². The van der Waals surface area contributed by atoms with Crippen molar-refractivity contribution in [3.05, 3.63) is 12.7 Å². The zero-order chi connectivity index (χ0) is 13.7. The first kappa shape index (κ1) is 14.5. The molecule has 102 valence electrons. The molecule has 1 atom stereocenters. The van der Waals surface area contributed by atoms with E-state index in [9.17, 15) is 9.59 Å². The number of carbonyl (C=O) groups excluding carboxylic acids is 1. The molecule has 0 aromatic heterocycles. The molecular formula is C13H22N2O3. The van der Waals surface area contributed by atoms with Crippen LogP contribution in [0.2, 0.25) is 0 Å². The third kappa shape index (κ3) is 3.48. The molecule has 0 aromatic carbocycles. The van der Waals surface area contributed by atoms with Crippen molar-refractivity contribution in [2.75, 3.05) is 19.6 Å². The van der Waals surface area contributed by atoms with Gasteiger partial charge in [-0.3, -0.25) is 4.79 Å². The van der Waals surface area contributed by atoms with E-state index in [4.69, 9.17) is 5.11 Å². The van der Waals surface area contributed by atoms with Crippen LogP contribution in [0.1, 0.15) is 26.7 Å². The Hall–Kier alpha value is -1.52. The van der Waals surface area contributed by atoms with Gasteiger partial charge in [0.1, 0.15) is 6.54 Å². The summed E-state index contributed by atoms with van der Waals surface area (Å²) in [5.74, 6) is -0.600. The fourth-order valence-electron chi connectivity index (χ4n) is 2.43. The summed E-state index contributed by atoms with van der Waals surface area (Å²) in [5, 5.41) is 8.83. The summed E-state index contributed by atoms with van der Waals surface area (Å²) < 4.78 is 0. The van der Waals surface area contributed by atoms with Crippen LogP contribution < -0.4 is 0 Å². The molecule has 18 heavy (non-hydrogen) atoms. The fraction of sp³-hybridized carbons (Fsp3) is 0.692. The number of rotatable bonds is 5. The average Bonchev–Trinajstić information content (AvgIpc) is 2.75. The highest BCUT2D eigenvalue weighted by Gasteiger charge is 2.33. The lowest BCUT2D eigenvalue weighted by Crippen LogP contribution is -2.48. The minimum Gasteiger partial charge on any atom is -0.480 e. The zero-order valence-corrected chi connectivity index (χ0v) is 11.1. The number of nitrogens with zero attached hydrogens (tertiary/aromatic N) is 2. The third-order valence-electron chi connectivity index (χ3n) is 3.26. The fourth-order valence-corrected chi connectivity index (χ4v) is 2.43. The van der Waals surface area contributed by atoms with Gasteiger partial charge in [-0.15, -0.1) is 6.58 Å². The molecule has 1 heterocycles. The normalized spacial score (nSPS) is 19.1. The van der Waals surface area contributed by atoms with Crippen LogP contribution in [0.15, 0.2) is 12.7 Å². The molecule has 0 radical (unpaired) electrons. The van der Waals surface area contributed by atoms with Crippen LogP contribution in [0.3, 0.4) is 0 Å². The van der Waals surface area contributed by atoms with Gasteiger partial charge in [0.2, 0.25) is 0 Å². The highest BCUT2D eigenvalue weighted by molar-refractivity contribution is 5.80. The monoisotopic (exact) mass is 254 g/mol. The second-order valence-corrected chi connectivity index (χ2v) is 4.99. The predicted molar refractivity (Wildman–Crippen MR) is 69.4 cm³/mol. The van der Waals surface area contributed by atoms with Crippen molar-refractivity contribution in [1.29, 1.82) is 0 Å². The Morgan fingerprint density at radius 3 is 2.72 bits per heavy atom. The predicted octanol–water partition coefficient (Wildman–Crippen LogP) is 1.80. The first-order chi connectivity index (χ1) is 8.47. The van der Waals surface area contributed by atoms with Crippen molar-refractivity contribution in [2.45, 2.75) is 32.7 Å². The largest absolute Gasteiger partial charge is 0.480 e. The molecule has 2 amide bonds. The first-order valence-corrected chi connectivity index (χ1v) is 6.35. The smallest absolute Gasteiger partial charge is 0.323 e. The number of hydrogen-bond acceptors (Lipinski definition) is 2. The number of carboxylic acid groups (broad SMARTS) is 1. The molecule has 0 spiro atoms. The van der Waals surface area contributed by atoms with E-state index in [1.807, 2.05) is 0 Å². The number of hydrogen-bond donors (Lipinski definition) is 1. The van der Waals surface area contributed by atoms with Crippen LogP contribution in [0.4, 0.5) is 4.79 Å². The van der Waals surface area contributed by atoms with Crippen molar-refractivity contribution >= 4 is 12.0 Å². The molecule has 0 saturated carbocycles. The minimum atomic E-state index is -0.995. The van der Waals surface area contributed by atoms with E-state index in [1.165, 1.54) is 4.90 Å². The Labute approximate surface area is 108 Å². The summed E-state index contributed by atoms with van der Waals surface area (Å²) in [6.07, 6.45) is 3.54. The molecular weight excluding hydrogens is 232 g/mol. The quantitative estimate of drug-likeness (QED) is 0.761. The average molecular weight is 254 g/mol. The summed E-state index contributed by atoms with van der Waals surface area (Å²) in [6, 6.07) is 0.0344. The van der Waals surface area contributed by atoms with E-state index in [1.54, 1.807) is 11.0 Å². The van der Waals surface area contributed by atoms with E-state index in [0.717, 1.165) is 19.4 Å². The number of aliphatic carboxylic acids is 1. The number of likely N-dealkylation sites (tertiary alicyclic amines) is 1. The topological polar surface area (TPSA) is 60.9 Å². The van der Waals surface area contributed by atoms with Gasteiger partial charge in [0.15, 0.2) is 0 Å². The lowest BCUT2D eigenvalue weighted by atomic mass is 10.0. The maximum absolute atomic E-state index is 12.3. The molecule has 1 saturated heterocycles. The van der Waals surface area contributed by atoms with Crippen LogP contribution in [-0.4, -0.2) is 52.6 Å². The second-order valence-electron chi connectivity index (χ2n) is 4.99. The van der Waals surface area contributed by atoms with Gasteiger partial charge in [0.25, 0.3) is 0 Å². The maximum Gasteiger partial charge on any atom is 0.323 e. The van der Waals surface area contributed by atoms with Gasteiger partial charge in [-0.25, -0.2) is 4.79 Å². The summed E-state index contributed by atoms with van der Waals surface area (Å²) in [5.41, 5.74) is 0. The standard InChI is InChI=1S/C13H22N2O3/c1-4-7-14(9-12(16)17)13(18)15-8-5-6-11(15)10(2)3/h4,10-11H,1,5-9H2,2-3H3,(H,16,17). The maximum atomic E-state index is 12.3. The SMILES string of the molecule is C=CCN(CC(=O)O)C(=O)N1CCCC1C(C)C. The van der Waals surface area contributed by atoms with Crippen molar-refractivity contribution in [3.8, 4) is 0 Å². The van der Waals surface area contributed by atoms with Crippen molar-refractivity contribution in [1.82, 2.24) is 9.80 Å². The number of carboxylic acids is 1. The molecule has 0 bridgehead atoms. The molecule has 1 fully saturated rings. The van der Waals surface area contributed by atoms with E-state index >= 15 is 0 Å². The lowest BCUT2D eigenvalue weighted by Gasteiger charge is -2.32. The lowest BCUT2D eigenvalue weighted by molar-refractivity contribution is -0.137. The number of urea groups is 1. The van der Waals surface area contributed by atoms with Crippen LogP contribution in [0.5, 0.6) is 0 Å². The Balaban J connectivity index is 2.75. The van der Waals surface area contributed by atoms with Crippen LogP contribution in [0, 0.1) is 5.92 Å². The summed E-state index contributed by atoms with van der Waals surface area (Å²) in [7, 11) is 0. The van der Waals surface area contributed by atoms with Gasteiger partial charge in [0.05, 0.1) is 0 Å². The summed E-state index contributed by atoms with van der Waals surface area (Å²) in [6.45, 7) is 8.46. The van der Waals surface area contributed by atoms with Crippen molar-refractivity contribution < 1.29 is 14.7 Å². The highest BCUT2D eigenvalue weighted by Crippen LogP contribution is 2.24. The Morgan fingerprint density at radius 2 is 2.22 bits per heavy atom. The van der Waals surface area contributed by atoms with Crippen LogP contribution in [-0.2, 0) is 4.79 Å². The second kappa shape index (κ2) is 6.42. The molecule has 1 aliphatic heterocycles. The molecule has 5 nitrogen and oxygen atoms in total.